The maximum absolute atomic E-state index is 13.7. The van der Waals surface area contributed by atoms with Gasteiger partial charge in [-0.3, -0.25) is 4.90 Å². The summed E-state index contributed by atoms with van der Waals surface area (Å²) < 4.78 is 32.8. The zero-order valence-electron chi connectivity index (χ0n) is 18.4. The number of allylic oxidation sites excluding steroid dienone is 1. The van der Waals surface area contributed by atoms with Crippen LogP contribution in [0, 0.1) is 18.6 Å². The second kappa shape index (κ2) is 8.55. The van der Waals surface area contributed by atoms with Crippen LogP contribution >= 0.6 is 0 Å². The van der Waals surface area contributed by atoms with Crippen molar-refractivity contribution in [1.82, 2.24) is 15.5 Å². The number of nitrogens with zero attached hydrogens (tertiary/aromatic N) is 3. The summed E-state index contributed by atoms with van der Waals surface area (Å²) in [5.74, 6) is -0.404. The molecule has 1 aromatic heterocycles. The first-order valence-electron chi connectivity index (χ1n) is 10.6. The minimum Gasteiger partial charge on any atom is -0.334 e. The quantitative estimate of drug-likeness (QED) is 0.406. The standard InChI is InChI=1S/C26H20F2N4O2/c1-15-6-8-17(9-7-15)23-22(25-30-24(31-34-25)18-4-3-5-20(28)14-18)16(2)32(26(33)29-23)21-12-10-19(27)11-13-21/h3-14,23H,1-2H3,(H,29,33). The molecular formula is C26H20F2N4O2. The normalized spacial score (nSPS) is 16.1. The Hall–Kier alpha value is -4.33. The Labute approximate surface area is 194 Å². The van der Waals surface area contributed by atoms with E-state index in [0.29, 0.717) is 22.5 Å². The number of aryl methyl sites for hydroxylation is 1. The molecule has 5 rings (SSSR count). The number of amides is 2. The smallest absolute Gasteiger partial charge is 0.326 e. The molecule has 2 heterocycles. The number of rotatable bonds is 4. The third kappa shape index (κ3) is 3.94. The van der Waals surface area contributed by atoms with E-state index in [9.17, 15) is 13.6 Å². The second-order valence-corrected chi connectivity index (χ2v) is 8.04. The highest BCUT2D eigenvalue weighted by atomic mass is 19.1. The summed E-state index contributed by atoms with van der Waals surface area (Å²) in [6, 6.07) is 18.3. The molecule has 8 heteroatoms. The summed E-state index contributed by atoms with van der Waals surface area (Å²) in [6.45, 7) is 3.75. The minimum absolute atomic E-state index is 0.189. The first-order chi connectivity index (χ1) is 16.4. The Balaban J connectivity index is 1.65. The van der Waals surface area contributed by atoms with Crippen LogP contribution in [0.1, 0.15) is 30.0 Å². The van der Waals surface area contributed by atoms with Crippen molar-refractivity contribution < 1.29 is 18.1 Å². The molecule has 0 bridgehead atoms. The maximum Gasteiger partial charge on any atom is 0.326 e. The molecular weight excluding hydrogens is 438 g/mol. The summed E-state index contributed by atoms with van der Waals surface area (Å²) >= 11 is 0. The molecule has 1 N–H and O–H groups in total. The lowest BCUT2D eigenvalue weighted by molar-refractivity contribution is 0.244. The molecule has 3 aromatic carbocycles. The van der Waals surface area contributed by atoms with Gasteiger partial charge in [0.05, 0.1) is 17.3 Å². The third-order valence-electron chi connectivity index (χ3n) is 5.72. The molecule has 2 amide bonds. The SMILES string of the molecule is CC1=C(c2nc(-c3cccc(F)c3)no2)C(c2ccc(C)cc2)NC(=O)N1c1ccc(F)cc1. The molecule has 0 radical (unpaired) electrons. The van der Waals surface area contributed by atoms with Crippen LogP contribution in [0.2, 0.25) is 0 Å². The number of urea groups is 1. The number of nitrogens with one attached hydrogen (secondary N) is 1. The number of hydrogen-bond acceptors (Lipinski definition) is 4. The summed E-state index contributed by atoms with van der Waals surface area (Å²) in [4.78, 5) is 19.1. The number of aromatic nitrogens is 2. The Morgan fingerprint density at radius 1 is 0.941 bits per heavy atom. The average molecular weight is 458 g/mol. The first kappa shape index (κ1) is 21.5. The van der Waals surface area contributed by atoms with Crippen molar-refractivity contribution in [3.63, 3.8) is 0 Å². The van der Waals surface area contributed by atoms with Crippen molar-refractivity contribution in [2.24, 2.45) is 0 Å². The van der Waals surface area contributed by atoms with E-state index in [4.69, 9.17) is 4.52 Å². The van der Waals surface area contributed by atoms with E-state index in [-0.39, 0.29) is 17.7 Å². The van der Waals surface area contributed by atoms with E-state index in [0.717, 1.165) is 11.1 Å². The van der Waals surface area contributed by atoms with Crippen LogP contribution in [0.5, 0.6) is 0 Å². The van der Waals surface area contributed by atoms with Crippen LogP contribution < -0.4 is 10.2 Å². The lowest BCUT2D eigenvalue weighted by Gasteiger charge is -2.35. The molecule has 6 nitrogen and oxygen atoms in total. The van der Waals surface area contributed by atoms with Crippen LogP contribution in [0.4, 0.5) is 19.3 Å². The van der Waals surface area contributed by atoms with Gasteiger partial charge in [0.15, 0.2) is 0 Å². The van der Waals surface area contributed by atoms with E-state index in [1.165, 1.54) is 41.3 Å². The topological polar surface area (TPSA) is 71.3 Å². The molecule has 1 aliphatic rings. The number of carbonyl (C=O) groups is 1. The maximum atomic E-state index is 13.7. The number of hydrogen-bond donors (Lipinski definition) is 1. The van der Waals surface area contributed by atoms with Gasteiger partial charge >= 0.3 is 6.03 Å². The Morgan fingerprint density at radius 2 is 1.68 bits per heavy atom. The zero-order chi connectivity index (χ0) is 23.8. The Morgan fingerprint density at radius 3 is 2.38 bits per heavy atom. The minimum atomic E-state index is -0.564. The number of carbonyl (C=O) groups excluding carboxylic acids is 1. The van der Waals surface area contributed by atoms with Crippen LogP contribution in [0.3, 0.4) is 0 Å². The van der Waals surface area contributed by atoms with E-state index < -0.39 is 17.7 Å². The van der Waals surface area contributed by atoms with E-state index in [1.807, 2.05) is 31.2 Å². The molecule has 0 saturated heterocycles. The van der Waals surface area contributed by atoms with Crippen molar-refractivity contribution in [3.8, 4) is 11.4 Å². The molecule has 1 aliphatic heterocycles. The summed E-state index contributed by atoms with van der Waals surface area (Å²) in [7, 11) is 0. The van der Waals surface area contributed by atoms with Gasteiger partial charge in [0, 0.05) is 11.3 Å². The van der Waals surface area contributed by atoms with Gasteiger partial charge in [-0.15, -0.1) is 0 Å². The van der Waals surface area contributed by atoms with Crippen molar-refractivity contribution in [1.29, 1.82) is 0 Å². The third-order valence-corrected chi connectivity index (χ3v) is 5.72. The van der Waals surface area contributed by atoms with Crippen molar-refractivity contribution >= 4 is 17.3 Å². The van der Waals surface area contributed by atoms with Gasteiger partial charge in [0.1, 0.15) is 11.6 Å². The number of anilines is 1. The fraction of sp³-hybridized carbons (Fsp3) is 0.115. The van der Waals surface area contributed by atoms with Crippen molar-refractivity contribution in [2.75, 3.05) is 4.90 Å². The molecule has 0 fully saturated rings. The highest BCUT2D eigenvalue weighted by molar-refractivity contribution is 6.01. The molecule has 1 unspecified atom stereocenters. The summed E-state index contributed by atoms with van der Waals surface area (Å²) in [5.41, 5.74) is 4.00. The Bertz CT molecular complexity index is 1400. The predicted octanol–water partition coefficient (Wildman–Crippen LogP) is 6.03. The molecule has 4 aromatic rings. The van der Waals surface area contributed by atoms with Gasteiger partial charge in [-0.1, -0.05) is 47.1 Å². The van der Waals surface area contributed by atoms with Crippen LogP contribution in [0.15, 0.2) is 83.0 Å². The second-order valence-electron chi connectivity index (χ2n) is 8.04. The van der Waals surface area contributed by atoms with Crippen LogP contribution in [-0.2, 0) is 0 Å². The molecule has 0 saturated carbocycles. The molecule has 0 aliphatic carbocycles. The van der Waals surface area contributed by atoms with E-state index in [2.05, 4.69) is 15.5 Å². The van der Waals surface area contributed by atoms with Crippen LogP contribution in [0.25, 0.3) is 17.0 Å². The Kier molecular flexibility index (Phi) is 5.41. The van der Waals surface area contributed by atoms with Gasteiger partial charge in [0.2, 0.25) is 5.82 Å². The van der Waals surface area contributed by atoms with Crippen molar-refractivity contribution in [3.05, 3.63) is 107 Å². The molecule has 1 atom stereocenters. The highest BCUT2D eigenvalue weighted by Crippen LogP contribution is 2.39. The average Bonchev–Trinajstić information content (AvgIpc) is 3.30. The fourth-order valence-corrected chi connectivity index (χ4v) is 4.01. The largest absolute Gasteiger partial charge is 0.334 e. The first-order valence-corrected chi connectivity index (χ1v) is 10.6. The molecule has 34 heavy (non-hydrogen) atoms. The summed E-state index contributed by atoms with van der Waals surface area (Å²) in [5, 5.41) is 7.04. The van der Waals surface area contributed by atoms with Gasteiger partial charge in [-0.05, 0) is 55.8 Å². The highest BCUT2D eigenvalue weighted by Gasteiger charge is 2.36. The van der Waals surface area contributed by atoms with Gasteiger partial charge in [-0.2, -0.15) is 4.98 Å². The summed E-state index contributed by atoms with van der Waals surface area (Å²) in [6.07, 6.45) is 0. The van der Waals surface area contributed by atoms with Gasteiger partial charge in [-0.25, -0.2) is 13.6 Å². The lowest BCUT2D eigenvalue weighted by Crippen LogP contribution is -2.46. The van der Waals surface area contributed by atoms with E-state index >= 15 is 0 Å². The van der Waals surface area contributed by atoms with Gasteiger partial charge in [0.25, 0.3) is 5.89 Å². The molecule has 0 spiro atoms. The molecule has 170 valence electrons. The number of halogens is 2. The zero-order valence-corrected chi connectivity index (χ0v) is 18.4. The fourth-order valence-electron chi connectivity index (χ4n) is 4.01. The predicted molar refractivity (Wildman–Crippen MR) is 124 cm³/mol. The lowest BCUT2D eigenvalue weighted by atomic mass is 9.94. The van der Waals surface area contributed by atoms with E-state index in [1.54, 1.807) is 19.1 Å². The van der Waals surface area contributed by atoms with Crippen molar-refractivity contribution in [2.45, 2.75) is 19.9 Å². The van der Waals surface area contributed by atoms with Gasteiger partial charge < -0.3 is 9.84 Å². The van der Waals surface area contributed by atoms with Crippen LogP contribution in [-0.4, -0.2) is 16.2 Å². The monoisotopic (exact) mass is 458 g/mol. The number of benzene rings is 3.